The Balaban J connectivity index is 4.76. The van der Waals surface area contributed by atoms with Crippen LogP contribution < -0.4 is 5.73 Å². The van der Waals surface area contributed by atoms with E-state index in [2.05, 4.69) is 0 Å². The van der Waals surface area contributed by atoms with Gasteiger partial charge in [-0.3, -0.25) is 0 Å². The van der Waals surface area contributed by atoms with Crippen molar-refractivity contribution in [3.05, 3.63) is 0 Å². The second kappa shape index (κ2) is 3.32. The molecule has 0 aliphatic rings. The smallest absolute Gasteiger partial charge is 0.159 e. The fraction of sp³-hybridized carbons (Fsp3) is 0.833. The summed E-state index contributed by atoms with van der Waals surface area (Å²) in [4.78, 5) is 10.4. The van der Waals surface area contributed by atoms with Gasteiger partial charge in [0.25, 0.3) is 0 Å². The molecule has 0 aromatic carbocycles. The third-order valence-electron chi connectivity index (χ3n) is 1.74. The Morgan fingerprint density at radius 1 is 1.55 bits per heavy atom. The van der Waals surface area contributed by atoms with Crippen LogP contribution in [0.1, 0.15) is 13.3 Å². The first-order valence-electron chi connectivity index (χ1n) is 3.23. The molecule has 0 spiro atoms. The van der Waals surface area contributed by atoms with Crippen molar-refractivity contribution < 1.29 is 13.2 Å². The van der Waals surface area contributed by atoms with Gasteiger partial charge >= 0.3 is 0 Å². The van der Waals surface area contributed by atoms with Crippen LogP contribution >= 0.6 is 0 Å². The normalized spacial score (nSPS) is 17.4. The average Bonchev–Trinajstić information content (AvgIpc) is 1.86. The molecule has 2 N–H and O–H groups in total. The molecule has 5 heteroatoms. The fourth-order valence-corrected chi connectivity index (χ4v) is 1.28. The molecule has 1 atom stereocenters. The van der Waals surface area contributed by atoms with Crippen LogP contribution in [-0.2, 0) is 14.6 Å². The standard InChI is InChI=1S/C6H13NO3S/c1-6(5-8,3-4-7)11(2,9)10/h5H,3-4,7H2,1-2H3/t6-/m1/s1. The first-order chi connectivity index (χ1) is 4.87. The zero-order valence-electron chi connectivity index (χ0n) is 6.70. The number of hydrogen-bond donors (Lipinski definition) is 1. The molecule has 0 aromatic rings. The molecule has 0 fully saturated rings. The van der Waals surface area contributed by atoms with Crippen molar-refractivity contribution in [2.24, 2.45) is 5.73 Å². The molecule has 66 valence electrons. The first kappa shape index (κ1) is 10.6. The summed E-state index contributed by atoms with van der Waals surface area (Å²) in [6, 6.07) is 0. The molecule has 0 aliphatic carbocycles. The Morgan fingerprint density at radius 3 is 2.09 bits per heavy atom. The second-order valence-corrected chi connectivity index (χ2v) is 5.22. The van der Waals surface area contributed by atoms with E-state index in [4.69, 9.17) is 5.73 Å². The van der Waals surface area contributed by atoms with Gasteiger partial charge in [0, 0.05) is 6.26 Å². The lowest BCUT2D eigenvalue weighted by molar-refractivity contribution is -0.109. The lowest BCUT2D eigenvalue weighted by atomic mass is 10.1. The number of carbonyl (C=O) groups is 1. The van der Waals surface area contributed by atoms with Crippen molar-refractivity contribution in [1.29, 1.82) is 0 Å². The van der Waals surface area contributed by atoms with Gasteiger partial charge in [-0.15, -0.1) is 0 Å². The molecule has 0 rings (SSSR count). The fourth-order valence-electron chi connectivity index (χ4n) is 0.618. The lowest BCUT2D eigenvalue weighted by Gasteiger charge is -2.19. The Kier molecular flexibility index (Phi) is 3.19. The number of carbonyl (C=O) groups excluding carboxylic acids is 1. The van der Waals surface area contributed by atoms with E-state index < -0.39 is 14.6 Å². The Labute approximate surface area is 66.7 Å². The zero-order chi connectivity index (χ0) is 9.12. The SMILES string of the molecule is C[C@](C=O)(CCN)S(C)(=O)=O. The zero-order valence-corrected chi connectivity index (χ0v) is 7.52. The molecule has 0 saturated heterocycles. The molecular weight excluding hydrogens is 166 g/mol. The van der Waals surface area contributed by atoms with E-state index in [0.717, 1.165) is 6.26 Å². The lowest BCUT2D eigenvalue weighted by Crippen LogP contribution is -2.38. The minimum Gasteiger partial charge on any atom is -0.330 e. The van der Waals surface area contributed by atoms with Gasteiger partial charge in [0.05, 0.1) is 0 Å². The van der Waals surface area contributed by atoms with Crippen LogP contribution in [0.4, 0.5) is 0 Å². The highest BCUT2D eigenvalue weighted by atomic mass is 32.2. The van der Waals surface area contributed by atoms with E-state index in [1.165, 1.54) is 6.92 Å². The monoisotopic (exact) mass is 179 g/mol. The van der Waals surface area contributed by atoms with Crippen molar-refractivity contribution in [2.75, 3.05) is 12.8 Å². The number of nitrogens with two attached hydrogens (primary N) is 1. The quantitative estimate of drug-likeness (QED) is 0.581. The third kappa shape index (κ3) is 2.27. The van der Waals surface area contributed by atoms with Gasteiger partial charge in [0.15, 0.2) is 9.84 Å². The first-order valence-corrected chi connectivity index (χ1v) is 5.12. The van der Waals surface area contributed by atoms with Crippen molar-refractivity contribution in [3.63, 3.8) is 0 Å². The number of hydrogen-bond acceptors (Lipinski definition) is 4. The van der Waals surface area contributed by atoms with E-state index in [1.54, 1.807) is 0 Å². The highest BCUT2D eigenvalue weighted by Crippen LogP contribution is 2.16. The summed E-state index contributed by atoms with van der Waals surface area (Å²) >= 11 is 0. The maximum absolute atomic E-state index is 11.0. The van der Waals surface area contributed by atoms with Crippen LogP contribution in [0.2, 0.25) is 0 Å². The summed E-state index contributed by atoms with van der Waals surface area (Å²) in [7, 11) is -3.32. The summed E-state index contributed by atoms with van der Waals surface area (Å²) in [5.41, 5.74) is 5.16. The van der Waals surface area contributed by atoms with Gasteiger partial charge in [-0.25, -0.2) is 8.42 Å². The molecular formula is C6H13NO3S. The van der Waals surface area contributed by atoms with Crippen LogP contribution in [0.3, 0.4) is 0 Å². The van der Waals surface area contributed by atoms with Gasteiger partial charge < -0.3 is 10.5 Å². The molecule has 0 aromatic heterocycles. The van der Waals surface area contributed by atoms with Gasteiger partial charge in [-0.2, -0.15) is 0 Å². The predicted octanol–water partition coefficient (Wildman–Crippen LogP) is -0.663. The van der Waals surface area contributed by atoms with E-state index in [-0.39, 0.29) is 13.0 Å². The Morgan fingerprint density at radius 2 is 2.00 bits per heavy atom. The summed E-state index contributed by atoms with van der Waals surface area (Å²) in [5.74, 6) is 0. The van der Waals surface area contributed by atoms with E-state index in [0.29, 0.717) is 6.29 Å². The molecule has 0 unspecified atom stereocenters. The summed E-state index contributed by atoms with van der Waals surface area (Å²) in [6.07, 6.45) is 1.65. The van der Waals surface area contributed by atoms with Crippen LogP contribution in [0.15, 0.2) is 0 Å². The average molecular weight is 179 g/mol. The number of rotatable bonds is 4. The topological polar surface area (TPSA) is 77.2 Å². The highest BCUT2D eigenvalue weighted by Gasteiger charge is 2.34. The van der Waals surface area contributed by atoms with Crippen molar-refractivity contribution in [3.8, 4) is 0 Å². The van der Waals surface area contributed by atoms with Gasteiger partial charge in [-0.1, -0.05) is 0 Å². The highest BCUT2D eigenvalue weighted by molar-refractivity contribution is 7.92. The van der Waals surface area contributed by atoms with Crippen LogP contribution in [0.25, 0.3) is 0 Å². The minimum atomic E-state index is -3.32. The minimum absolute atomic E-state index is 0.176. The second-order valence-electron chi connectivity index (χ2n) is 2.74. The molecule has 0 amide bonds. The van der Waals surface area contributed by atoms with E-state index >= 15 is 0 Å². The van der Waals surface area contributed by atoms with E-state index in [1.807, 2.05) is 0 Å². The molecule has 0 saturated carbocycles. The molecule has 0 aliphatic heterocycles. The van der Waals surface area contributed by atoms with Gasteiger partial charge in [0.1, 0.15) is 11.0 Å². The van der Waals surface area contributed by atoms with E-state index in [9.17, 15) is 13.2 Å². The largest absolute Gasteiger partial charge is 0.330 e. The van der Waals surface area contributed by atoms with Gasteiger partial charge in [0.2, 0.25) is 0 Å². The summed E-state index contributed by atoms with van der Waals surface area (Å²) in [5, 5.41) is 0. The molecule has 11 heavy (non-hydrogen) atoms. The summed E-state index contributed by atoms with van der Waals surface area (Å²) in [6.45, 7) is 1.57. The molecule has 0 heterocycles. The van der Waals surface area contributed by atoms with Crippen molar-refractivity contribution >= 4 is 16.1 Å². The predicted molar refractivity (Wildman–Crippen MR) is 43.0 cm³/mol. The van der Waals surface area contributed by atoms with Gasteiger partial charge in [-0.05, 0) is 19.9 Å². The molecule has 0 bridgehead atoms. The maximum Gasteiger partial charge on any atom is 0.159 e. The van der Waals surface area contributed by atoms with Crippen LogP contribution in [-0.4, -0.2) is 32.3 Å². The number of sulfone groups is 1. The van der Waals surface area contributed by atoms with Crippen LogP contribution in [0.5, 0.6) is 0 Å². The Hall–Kier alpha value is -0.420. The molecule has 0 radical (unpaired) electrons. The summed E-state index contributed by atoms with van der Waals surface area (Å²) < 4.78 is 20.7. The third-order valence-corrected chi connectivity index (χ3v) is 3.73. The van der Waals surface area contributed by atoms with Crippen LogP contribution in [0, 0.1) is 0 Å². The van der Waals surface area contributed by atoms with Crippen molar-refractivity contribution in [2.45, 2.75) is 18.1 Å². The van der Waals surface area contributed by atoms with Crippen molar-refractivity contribution in [1.82, 2.24) is 0 Å². The molecule has 4 nitrogen and oxygen atoms in total. The maximum atomic E-state index is 11.0. The number of aldehydes is 1. The Bertz CT molecular complexity index is 234.